The van der Waals surface area contributed by atoms with Crippen molar-refractivity contribution in [1.29, 1.82) is 0 Å². The van der Waals surface area contributed by atoms with Gasteiger partial charge in [-0.05, 0) is 55.2 Å². The zero-order valence-corrected chi connectivity index (χ0v) is 14.7. The lowest BCUT2D eigenvalue weighted by Gasteiger charge is -2.36. The summed E-state index contributed by atoms with van der Waals surface area (Å²) in [6, 6.07) is 9.42. The highest BCUT2D eigenvalue weighted by Gasteiger charge is 2.42. The molecule has 1 N–H and O–H groups in total. The van der Waals surface area contributed by atoms with E-state index >= 15 is 0 Å². The number of carbonyl (C=O) groups is 1. The second kappa shape index (κ2) is 7.31. The Kier molecular flexibility index (Phi) is 5.24. The van der Waals surface area contributed by atoms with Crippen molar-refractivity contribution >= 4 is 11.6 Å². The molecule has 0 atom stereocenters. The highest BCUT2D eigenvalue weighted by molar-refractivity contribution is 5.99. The first kappa shape index (κ1) is 19.4. The molecule has 7 heteroatoms. The van der Waals surface area contributed by atoms with Crippen molar-refractivity contribution in [3.63, 3.8) is 0 Å². The molecule has 0 radical (unpaired) electrons. The lowest BCUT2D eigenvalue weighted by molar-refractivity contribution is -0.138. The van der Waals surface area contributed by atoms with Crippen molar-refractivity contribution in [1.82, 2.24) is 0 Å². The summed E-state index contributed by atoms with van der Waals surface area (Å²) in [5.41, 5.74) is -1.23. The largest absolute Gasteiger partial charge is 0.416 e. The first-order valence-electron chi connectivity index (χ1n) is 8.55. The number of aryl methyl sites for hydroxylation is 1. The predicted octanol–water partition coefficient (Wildman–Crippen LogP) is 4.84. The fourth-order valence-corrected chi connectivity index (χ4v) is 3.41. The van der Waals surface area contributed by atoms with Crippen LogP contribution in [0.4, 0.5) is 23.2 Å². The average molecular weight is 381 g/mol. The van der Waals surface area contributed by atoms with Crippen LogP contribution in [0.2, 0.25) is 0 Å². The van der Waals surface area contributed by atoms with E-state index in [1.54, 1.807) is 6.07 Å². The Bertz CT molecular complexity index is 842. The van der Waals surface area contributed by atoms with E-state index in [-0.39, 0.29) is 11.3 Å². The molecule has 144 valence electrons. The van der Waals surface area contributed by atoms with Gasteiger partial charge in [-0.3, -0.25) is 4.79 Å². The van der Waals surface area contributed by atoms with E-state index in [9.17, 15) is 22.4 Å². The molecular weight excluding hydrogens is 362 g/mol. The van der Waals surface area contributed by atoms with Crippen LogP contribution in [0.15, 0.2) is 42.5 Å². The van der Waals surface area contributed by atoms with E-state index in [1.165, 1.54) is 37.3 Å². The van der Waals surface area contributed by atoms with Gasteiger partial charge >= 0.3 is 6.18 Å². The lowest BCUT2D eigenvalue weighted by Crippen LogP contribution is -2.45. The molecule has 0 unspecified atom stereocenters. The van der Waals surface area contributed by atoms with Crippen LogP contribution >= 0.6 is 0 Å². The van der Waals surface area contributed by atoms with Crippen LogP contribution in [0.3, 0.4) is 0 Å². The first-order valence-corrected chi connectivity index (χ1v) is 8.55. The maximum absolute atomic E-state index is 13.7. The number of rotatable bonds is 3. The van der Waals surface area contributed by atoms with Crippen LogP contribution in [0, 0.1) is 12.7 Å². The number of hydrogen-bond donors (Lipinski definition) is 1. The monoisotopic (exact) mass is 381 g/mol. The highest BCUT2D eigenvalue weighted by Crippen LogP contribution is 2.38. The Hall–Kier alpha value is -2.41. The lowest BCUT2D eigenvalue weighted by atomic mass is 9.73. The summed E-state index contributed by atoms with van der Waals surface area (Å²) in [5.74, 6) is -0.936. The summed E-state index contributed by atoms with van der Waals surface area (Å²) in [7, 11) is 0. The topological polar surface area (TPSA) is 38.3 Å². The maximum Gasteiger partial charge on any atom is 0.416 e. The number of ether oxygens (including phenoxy) is 1. The highest BCUT2D eigenvalue weighted by atomic mass is 19.4. The van der Waals surface area contributed by atoms with Gasteiger partial charge < -0.3 is 10.1 Å². The minimum absolute atomic E-state index is 0.0557. The molecule has 1 fully saturated rings. The van der Waals surface area contributed by atoms with Crippen molar-refractivity contribution in [2.24, 2.45) is 0 Å². The third kappa shape index (κ3) is 3.98. The van der Waals surface area contributed by atoms with Crippen molar-refractivity contribution < 1.29 is 27.1 Å². The Morgan fingerprint density at radius 2 is 1.81 bits per heavy atom. The SMILES string of the molecule is Cc1ccc(NC(=O)C2(c3cccc(F)c3)CCOCC2)cc1C(F)(F)F. The Labute approximate surface area is 154 Å². The summed E-state index contributed by atoms with van der Waals surface area (Å²) < 4.78 is 58.5. The van der Waals surface area contributed by atoms with Gasteiger partial charge in [0.25, 0.3) is 0 Å². The molecule has 0 aromatic heterocycles. The zero-order valence-electron chi connectivity index (χ0n) is 14.7. The van der Waals surface area contributed by atoms with Gasteiger partial charge in [0, 0.05) is 18.9 Å². The van der Waals surface area contributed by atoms with Gasteiger partial charge in [0.05, 0.1) is 11.0 Å². The number of carbonyl (C=O) groups excluding carboxylic acids is 1. The van der Waals surface area contributed by atoms with Gasteiger partial charge in [0.15, 0.2) is 0 Å². The molecule has 0 bridgehead atoms. The number of hydrogen-bond acceptors (Lipinski definition) is 2. The van der Waals surface area contributed by atoms with Crippen LogP contribution in [-0.4, -0.2) is 19.1 Å². The summed E-state index contributed by atoms with van der Waals surface area (Å²) >= 11 is 0. The third-order valence-electron chi connectivity index (χ3n) is 4.96. The van der Waals surface area contributed by atoms with Gasteiger partial charge in [-0.15, -0.1) is 0 Å². The molecule has 3 nitrogen and oxygen atoms in total. The molecular formula is C20H19F4NO2. The van der Waals surface area contributed by atoms with Gasteiger partial charge in [0.1, 0.15) is 5.82 Å². The van der Waals surface area contributed by atoms with E-state index in [0.717, 1.165) is 6.07 Å². The molecule has 1 saturated heterocycles. The van der Waals surface area contributed by atoms with E-state index in [2.05, 4.69) is 5.32 Å². The normalized spacial score (nSPS) is 16.8. The number of nitrogens with one attached hydrogen (secondary N) is 1. The molecule has 1 aliphatic rings. The Balaban J connectivity index is 1.95. The minimum atomic E-state index is -4.51. The third-order valence-corrected chi connectivity index (χ3v) is 4.96. The molecule has 0 saturated carbocycles. The van der Waals surface area contributed by atoms with Gasteiger partial charge in [-0.2, -0.15) is 13.2 Å². The molecule has 2 aromatic rings. The van der Waals surface area contributed by atoms with Gasteiger partial charge in [-0.1, -0.05) is 18.2 Å². The van der Waals surface area contributed by atoms with Crippen molar-refractivity contribution in [3.8, 4) is 0 Å². The Morgan fingerprint density at radius 3 is 2.44 bits per heavy atom. The summed E-state index contributed by atoms with van der Waals surface area (Å²) in [5, 5.41) is 2.59. The quantitative estimate of drug-likeness (QED) is 0.773. The number of halogens is 4. The van der Waals surface area contributed by atoms with E-state index in [4.69, 9.17) is 4.74 Å². The predicted molar refractivity (Wildman–Crippen MR) is 92.9 cm³/mol. The summed E-state index contributed by atoms with van der Waals surface area (Å²) in [4.78, 5) is 13.1. The zero-order chi connectivity index (χ0) is 19.7. The molecule has 0 aliphatic carbocycles. The van der Waals surface area contributed by atoms with E-state index < -0.39 is 28.9 Å². The molecule has 27 heavy (non-hydrogen) atoms. The van der Waals surface area contributed by atoms with Crippen molar-refractivity contribution in [3.05, 3.63) is 65.0 Å². The number of amides is 1. The molecule has 1 aliphatic heterocycles. The van der Waals surface area contributed by atoms with Crippen LogP contribution in [0.1, 0.15) is 29.5 Å². The van der Waals surface area contributed by atoms with Crippen LogP contribution in [0.25, 0.3) is 0 Å². The van der Waals surface area contributed by atoms with Crippen molar-refractivity contribution in [2.75, 3.05) is 18.5 Å². The number of benzene rings is 2. The van der Waals surface area contributed by atoms with E-state index in [1.807, 2.05) is 0 Å². The standard InChI is InChI=1S/C20H19F4NO2/c1-13-5-6-16(12-17(13)20(22,23)24)25-18(26)19(7-9-27-10-8-19)14-3-2-4-15(21)11-14/h2-6,11-12H,7-10H2,1H3,(H,25,26). The molecule has 3 rings (SSSR count). The fraction of sp³-hybridized carbons (Fsp3) is 0.350. The maximum atomic E-state index is 13.7. The second-order valence-electron chi connectivity index (χ2n) is 6.69. The summed E-state index contributed by atoms with van der Waals surface area (Å²) in [6.07, 6.45) is -3.87. The van der Waals surface area contributed by atoms with Crippen LogP contribution in [0.5, 0.6) is 0 Å². The fourth-order valence-electron chi connectivity index (χ4n) is 3.41. The number of anilines is 1. The first-order chi connectivity index (χ1) is 12.7. The van der Waals surface area contributed by atoms with E-state index in [0.29, 0.717) is 31.6 Å². The molecule has 1 amide bonds. The molecule has 0 spiro atoms. The van der Waals surface area contributed by atoms with Crippen LogP contribution in [-0.2, 0) is 21.1 Å². The second-order valence-corrected chi connectivity index (χ2v) is 6.69. The van der Waals surface area contributed by atoms with Crippen molar-refractivity contribution in [2.45, 2.75) is 31.4 Å². The van der Waals surface area contributed by atoms with Crippen LogP contribution < -0.4 is 5.32 Å². The van der Waals surface area contributed by atoms with Gasteiger partial charge in [0.2, 0.25) is 5.91 Å². The average Bonchev–Trinajstić information content (AvgIpc) is 2.63. The van der Waals surface area contributed by atoms with Gasteiger partial charge in [-0.25, -0.2) is 4.39 Å². The number of alkyl halides is 3. The minimum Gasteiger partial charge on any atom is -0.381 e. The Morgan fingerprint density at radius 1 is 1.11 bits per heavy atom. The smallest absolute Gasteiger partial charge is 0.381 e. The summed E-state index contributed by atoms with van der Waals surface area (Å²) in [6.45, 7) is 1.98. The molecule has 1 heterocycles. The molecule has 2 aromatic carbocycles.